The average molecular weight is 694 g/mol. The normalized spacial score (nSPS) is 22.3. The fraction of sp³-hybridized carbons (Fsp3) is 0.486. The highest BCUT2D eigenvalue weighted by atomic mass is 16.5. The molecule has 0 spiro atoms. The molecule has 1 aromatic heterocycles. The second-order valence-corrected chi connectivity index (χ2v) is 12.3. The van der Waals surface area contributed by atoms with Crippen molar-refractivity contribution in [3.05, 3.63) is 71.7 Å². The number of rotatable bonds is 8. The Balaban J connectivity index is 1.53. The summed E-state index contributed by atoms with van der Waals surface area (Å²) in [5, 5.41) is 13.9. The van der Waals surface area contributed by atoms with E-state index in [1.54, 1.807) is 41.3 Å². The lowest BCUT2D eigenvalue weighted by Crippen LogP contribution is -2.49. The van der Waals surface area contributed by atoms with Gasteiger partial charge >= 0.3 is 0 Å². The van der Waals surface area contributed by atoms with E-state index in [9.17, 15) is 28.8 Å². The van der Waals surface area contributed by atoms with Crippen molar-refractivity contribution in [3.8, 4) is 0 Å². The molecular weight excluding hydrogens is 646 g/mol. The van der Waals surface area contributed by atoms with E-state index in [0.29, 0.717) is 49.5 Å². The number of carbonyl (C=O) groups excluding carboxylic acids is 6. The van der Waals surface area contributed by atoms with Crippen LogP contribution >= 0.6 is 0 Å². The van der Waals surface area contributed by atoms with Gasteiger partial charge in [0.1, 0.15) is 17.8 Å². The van der Waals surface area contributed by atoms with Crippen LogP contribution in [0.5, 0.6) is 0 Å². The molecule has 1 saturated heterocycles. The van der Waals surface area contributed by atoms with Crippen molar-refractivity contribution < 1.29 is 37.9 Å². The van der Waals surface area contributed by atoms with Crippen LogP contribution in [0.1, 0.15) is 42.6 Å². The monoisotopic (exact) mass is 693 g/mol. The van der Waals surface area contributed by atoms with Crippen molar-refractivity contribution in [2.45, 2.75) is 57.2 Å². The summed E-state index contributed by atoms with van der Waals surface area (Å²) in [5.74, 6) is -2.15. The fourth-order valence-corrected chi connectivity index (χ4v) is 5.89. The first-order valence-electron chi connectivity index (χ1n) is 17.0. The van der Waals surface area contributed by atoms with Gasteiger partial charge in [-0.3, -0.25) is 28.8 Å². The number of amides is 6. The predicted molar refractivity (Wildman–Crippen MR) is 182 cm³/mol. The number of furan rings is 1. The molecule has 1 fully saturated rings. The van der Waals surface area contributed by atoms with Crippen molar-refractivity contribution in [3.63, 3.8) is 0 Å². The maximum absolute atomic E-state index is 13.5. The third kappa shape index (κ3) is 12.5. The molecule has 3 heterocycles. The first-order valence-corrected chi connectivity index (χ1v) is 17.0. The third-order valence-electron chi connectivity index (χ3n) is 8.43. The summed E-state index contributed by atoms with van der Waals surface area (Å²) in [5.41, 5.74) is 6.75. The summed E-state index contributed by atoms with van der Waals surface area (Å²) >= 11 is 0. The fourth-order valence-electron chi connectivity index (χ4n) is 5.89. The van der Waals surface area contributed by atoms with Gasteiger partial charge in [0, 0.05) is 64.3 Å². The van der Waals surface area contributed by atoms with E-state index in [2.05, 4.69) is 26.6 Å². The molecule has 50 heavy (non-hydrogen) atoms. The van der Waals surface area contributed by atoms with Crippen molar-refractivity contribution in [2.75, 3.05) is 45.9 Å². The molecule has 15 nitrogen and oxygen atoms in total. The Kier molecular flexibility index (Phi) is 15.0. The van der Waals surface area contributed by atoms with Crippen LogP contribution in [0, 0.1) is 5.92 Å². The number of hydrogen-bond acceptors (Lipinski definition) is 9. The van der Waals surface area contributed by atoms with E-state index in [1.165, 1.54) is 12.3 Å². The highest BCUT2D eigenvalue weighted by molar-refractivity contribution is 5.97. The minimum absolute atomic E-state index is 0.0437. The van der Waals surface area contributed by atoms with E-state index in [0.717, 1.165) is 12.5 Å². The highest BCUT2D eigenvalue weighted by Gasteiger charge is 2.28. The summed E-state index contributed by atoms with van der Waals surface area (Å²) in [4.78, 5) is 80.1. The summed E-state index contributed by atoms with van der Waals surface area (Å²) < 4.78 is 10.8. The topological polar surface area (TPSA) is 214 Å². The van der Waals surface area contributed by atoms with Gasteiger partial charge in [-0.1, -0.05) is 24.3 Å². The Morgan fingerprint density at radius 3 is 2.56 bits per heavy atom. The van der Waals surface area contributed by atoms with Crippen molar-refractivity contribution in [1.82, 2.24) is 31.5 Å². The molecule has 2 aromatic rings. The number of piperidine rings is 1. The van der Waals surface area contributed by atoms with E-state index in [1.807, 2.05) is 0 Å². The molecule has 7 N–H and O–H groups in total. The zero-order chi connectivity index (χ0) is 35.7. The maximum Gasteiger partial charge on any atom is 0.246 e. The Morgan fingerprint density at radius 2 is 1.78 bits per heavy atom. The molecule has 0 radical (unpaired) electrons. The van der Waals surface area contributed by atoms with Gasteiger partial charge in [-0.25, -0.2) is 0 Å². The average Bonchev–Trinajstić information content (AvgIpc) is 3.62. The molecule has 0 saturated carbocycles. The summed E-state index contributed by atoms with van der Waals surface area (Å²) in [6.45, 7) is 2.07. The molecule has 6 amide bonds. The van der Waals surface area contributed by atoms with Gasteiger partial charge in [0.15, 0.2) is 0 Å². The largest absolute Gasteiger partial charge is 0.469 e. The molecule has 2 aliphatic heterocycles. The van der Waals surface area contributed by atoms with Crippen LogP contribution < -0.4 is 32.3 Å². The Bertz CT molecular complexity index is 1500. The van der Waals surface area contributed by atoms with Crippen molar-refractivity contribution in [1.29, 1.82) is 0 Å². The maximum atomic E-state index is 13.5. The number of ether oxygens (including phenoxy) is 1. The van der Waals surface area contributed by atoms with Gasteiger partial charge in [0.25, 0.3) is 0 Å². The summed E-state index contributed by atoms with van der Waals surface area (Å²) in [6, 6.07) is 8.61. The number of nitrogens with zero attached hydrogens (tertiary/aromatic N) is 1. The number of nitrogens with one attached hydrogen (secondary N) is 5. The molecule has 0 unspecified atom stereocenters. The van der Waals surface area contributed by atoms with Crippen LogP contribution in [0.2, 0.25) is 0 Å². The number of carbonyl (C=O) groups is 6. The molecule has 15 heteroatoms. The predicted octanol–water partition coefficient (Wildman–Crippen LogP) is -0.553. The molecule has 270 valence electrons. The van der Waals surface area contributed by atoms with Gasteiger partial charge in [-0.2, -0.15) is 0 Å². The number of hydrogen-bond donors (Lipinski definition) is 6. The van der Waals surface area contributed by atoms with Crippen LogP contribution in [0.15, 0.2) is 59.2 Å². The van der Waals surface area contributed by atoms with Crippen molar-refractivity contribution in [2.24, 2.45) is 11.7 Å². The molecule has 3 atom stereocenters. The lowest BCUT2D eigenvalue weighted by atomic mass is 9.94. The van der Waals surface area contributed by atoms with Gasteiger partial charge < -0.3 is 46.4 Å². The Hall–Kier alpha value is -5.02. The van der Waals surface area contributed by atoms with Gasteiger partial charge in [-0.15, -0.1) is 0 Å². The molecule has 2 aliphatic rings. The standard InChI is InChI=1S/C35H47N7O8/c36-12-17-49-18-14-38-34(47)28-11-13-37-30(43)9-10-33(46)42-15-3-5-24(23-42)19-31(44)41-29(21-27-8-4-16-50-27)35(48)39-22-26-7-2-1-6-25(26)20-32(45)40-28/h1-2,4,6-10,16,24,28-29H,3,5,11-15,17-23,36H2,(H,37,43)(H,38,47)(H,39,48)(H,40,45)(H,41,44)/b10-9+/t24-,28-,29-/m0/s1. The lowest BCUT2D eigenvalue weighted by Gasteiger charge is -2.32. The van der Waals surface area contributed by atoms with Gasteiger partial charge in [0.05, 0.1) is 25.9 Å². The quantitative estimate of drug-likeness (QED) is 0.195. The van der Waals surface area contributed by atoms with Crippen LogP contribution in [0.3, 0.4) is 0 Å². The zero-order valence-electron chi connectivity index (χ0n) is 28.1. The molecule has 1 aromatic carbocycles. The van der Waals surface area contributed by atoms with Crippen LogP contribution in [0.25, 0.3) is 0 Å². The summed E-state index contributed by atoms with van der Waals surface area (Å²) in [6.07, 6.45) is 5.46. The first-order chi connectivity index (χ1) is 24.2. The molecule has 4 rings (SSSR count). The van der Waals surface area contributed by atoms with Crippen LogP contribution in [-0.2, 0) is 52.9 Å². The van der Waals surface area contributed by atoms with Gasteiger partial charge in [-0.05, 0) is 48.4 Å². The number of nitrogens with two attached hydrogens (primary N) is 1. The second kappa shape index (κ2) is 19.8. The molecule has 0 aliphatic carbocycles. The van der Waals surface area contributed by atoms with Crippen molar-refractivity contribution >= 4 is 35.4 Å². The second-order valence-electron chi connectivity index (χ2n) is 12.3. The smallest absolute Gasteiger partial charge is 0.246 e. The Morgan fingerprint density at radius 1 is 0.960 bits per heavy atom. The van der Waals surface area contributed by atoms with Crippen LogP contribution in [-0.4, -0.2) is 98.4 Å². The van der Waals surface area contributed by atoms with Gasteiger partial charge in [0.2, 0.25) is 35.4 Å². The molecule has 2 bridgehead atoms. The van der Waals surface area contributed by atoms with E-state index in [-0.39, 0.29) is 69.7 Å². The summed E-state index contributed by atoms with van der Waals surface area (Å²) in [7, 11) is 0. The Labute approximate surface area is 291 Å². The van der Waals surface area contributed by atoms with Crippen LogP contribution in [0.4, 0.5) is 0 Å². The van der Waals surface area contributed by atoms with E-state index < -0.39 is 35.7 Å². The molecular formula is C35H47N7O8. The van der Waals surface area contributed by atoms with E-state index in [4.69, 9.17) is 14.9 Å². The lowest BCUT2D eigenvalue weighted by molar-refractivity contribution is -0.131. The minimum atomic E-state index is -0.979. The minimum Gasteiger partial charge on any atom is -0.469 e. The highest BCUT2D eigenvalue weighted by Crippen LogP contribution is 2.20. The third-order valence-corrected chi connectivity index (χ3v) is 8.43. The SMILES string of the molecule is NCCOCCNC(=O)[C@@H]1CCNC(=O)/C=C/C(=O)N2CCC[C@@H](CC(=O)N[C@@H](Cc3ccco3)C(=O)NCc3ccccc3CC(=O)N1)C2. The first kappa shape index (κ1) is 37.8. The zero-order valence-corrected chi connectivity index (χ0v) is 28.1. The number of fused-ring (bicyclic) bond motifs is 3. The number of benzene rings is 1. The van der Waals surface area contributed by atoms with E-state index >= 15 is 0 Å².